The second kappa shape index (κ2) is 12.1. The molecule has 0 amide bonds. The zero-order valence-electron chi connectivity index (χ0n) is 24.4. The van der Waals surface area contributed by atoms with Crippen molar-refractivity contribution in [1.29, 1.82) is 0 Å². The third-order valence-electron chi connectivity index (χ3n) is 8.09. The summed E-state index contributed by atoms with van der Waals surface area (Å²) in [5, 5.41) is 0. The first-order valence-electron chi connectivity index (χ1n) is 13.7. The molecular weight excluding hydrogens is 596 g/mol. The summed E-state index contributed by atoms with van der Waals surface area (Å²) < 4.78 is 73.1. The minimum absolute atomic E-state index is 0.0960. The summed E-state index contributed by atoms with van der Waals surface area (Å²) in [6.07, 6.45) is -5.01. The molecule has 0 unspecified atom stereocenters. The number of rotatable bonds is 6. The molecule has 45 heavy (non-hydrogen) atoms. The van der Waals surface area contributed by atoms with Crippen LogP contribution in [0.1, 0.15) is 34.9 Å². The van der Waals surface area contributed by atoms with Gasteiger partial charge in [-0.15, -0.1) is 0 Å². The number of hydrogen-bond donors (Lipinski definition) is 1. The van der Waals surface area contributed by atoms with Crippen molar-refractivity contribution in [2.24, 2.45) is 11.7 Å². The summed E-state index contributed by atoms with van der Waals surface area (Å²) in [6, 6.07) is 16.2. The number of hydrogen-bond acceptors (Lipinski definition) is 8. The zero-order valence-corrected chi connectivity index (χ0v) is 24.4. The van der Waals surface area contributed by atoms with Crippen LogP contribution in [0.2, 0.25) is 0 Å². The summed E-state index contributed by atoms with van der Waals surface area (Å²) in [7, 11) is 3.59. The monoisotopic (exact) mass is 624 g/mol. The van der Waals surface area contributed by atoms with E-state index in [2.05, 4.69) is 0 Å². The number of methoxy groups -OCH3 is 3. The Hall–Kier alpha value is -5.13. The van der Waals surface area contributed by atoms with Crippen molar-refractivity contribution >= 4 is 23.4 Å². The molecule has 2 N–H and O–H groups in total. The van der Waals surface area contributed by atoms with Gasteiger partial charge in [0.2, 0.25) is 0 Å². The fraction of sp³-hybridized carbons (Fsp3) is 0.242. The molecule has 3 aromatic rings. The van der Waals surface area contributed by atoms with Gasteiger partial charge in [-0.3, -0.25) is 14.5 Å². The second-order valence-electron chi connectivity index (χ2n) is 10.4. The summed E-state index contributed by atoms with van der Waals surface area (Å²) in [5.41, 5.74) is 5.01. The number of carbonyl (C=O) groups is 3. The van der Waals surface area contributed by atoms with Crippen LogP contribution in [-0.2, 0) is 30.0 Å². The van der Waals surface area contributed by atoms with E-state index in [4.69, 9.17) is 19.9 Å². The van der Waals surface area contributed by atoms with Gasteiger partial charge in [0, 0.05) is 17.2 Å². The molecule has 8 nitrogen and oxygen atoms in total. The number of allylic oxidation sites excluding steroid dienone is 2. The Morgan fingerprint density at radius 2 is 1.62 bits per heavy atom. The highest BCUT2D eigenvalue weighted by molar-refractivity contribution is 6.14. The largest absolute Gasteiger partial charge is 0.497 e. The van der Waals surface area contributed by atoms with Gasteiger partial charge in [0.25, 0.3) is 0 Å². The second-order valence-corrected chi connectivity index (χ2v) is 10.4. The molecule has 0 fully saturated rings. The highest BCUT2D eigenvalue weighted by Gasteiger charge is 2.52. The number of halogens is 4. The van der Waals surface area contributed by atoms with E-state index in [1.807, 2.05) is 0 Å². The molecule has 2 aliphatic rings. The van der Waals surface area contributed by atoms with E-state index in [0.29, 0.717) is 11.3 Å². The predicted molar refractivity (Wildman–Crippen MR) is 154 cm³/mol. The molecule has 0 aromatic heterocycles. The highest BCUT2D eigenvalue weighted by atomic mass is 19.4. The zero-order chi connectivity index (χ0) is 32.6. The fourth-order valence-corrected chi connectivity index (χ4v) is 6.13. The van der Waals surface area contributed by atoms with Crippen LogP contribution in [0.5, 0.6) is 5.75 Å². The number of ether oxygens (including phenoxy) is 3. The van der Waals surface area contributed by atoms with E-state index < -0.39 is 64.2 Å². The smallest absolute Gasteiger partial charge is 0.416 e. The van der Waals surface area contributed by atoms with Crippen LogP contribution in [0.25, 0.3) is 0 Å². The van der Waals surface area contributed by atoms with Crippen molar-refractivity contribution in [3.8, 4) is 5.75 Å². The molecule has 0 saturated heterocycles. The van der Waals surface area contributed by atoms with E-state index in [-0.39, 0.29) is 29.2 Å². The van der Waals surface area contributed by atoms with Crippen molar-refractivity contribution in [2.45, 2.75) is 24.4 Å². The average molecular weight is 625 g/mol. The van der Waals surface area contributed by atoms with Crippen molar-refractivity contribution in [3.05, 3.63) is 118 Å². The number of carbonyl (C=O) groups excluding carboxylic acids is 3. The summed E-state index contributed by atoms with van der Waals surface area (Å²) in [4.78, 5) is 42.6. The van der Waals surface area contributed by atoms with Gasteiger partial charge in [-0.2, -0.15) is 13.2 Å². The first-order valence-corrected chi connectivity index (χ1v) is 13.7. The molecule has 234 valence electrons. The number of benzene rings is 3. The quantitative estimate of drug-likeness (QED) is 0.215. The van der Waals surface area contributed by atoms with E-state index in [1.165, 1.54) is 42.3 Å². The maximum Gasteiger partial charge on any atom is 0.416 e. The lowest BCUT2D eigenvalue weighted by Crippen LogP contribution is -2.46. The minimum Gasteiger partial charge on any atom is -0.497 e. The Labute approximate surface area is 255 Å². The Morgan fingerprint density at radius 3 is 2.22 bits per heavy atom. The summed E-state index contributed by atoms with van der Waals surface area (Å²) in [6.45, 7) is 0. The number of nitrogens with zero attached hydrogens (tertiary/aromatic N) is 1. The van der Waals surface area contributed by atoms with E-state index in [0.717, 1.165) is 32.4 Å². The number of Topliss-reactive ketones (excluding diaryl/α,β-unsaturated/α-hetero) is 1. The standard InChI is InChI=1S/C33H28F4N2O6/c1-43-20-13-11-17(12-14-20)22-16-24-27(29(40)26(22)31(41)44-2)25(21-9-4-5-10-23(21)33(35,36)37)28(32(42)45-3)30(38)39(24)19-8-6-7-18(34)15-19/h4-15,22,25-26H,16,38H2,1-3H3/t22-,25-,26-/m1/s1. The van der Waals surface area contributed by atoms with Gasteiger partial charge in [-0.25, -0.2) is 9.18 Å². The number of esters is 2. The van der Waals surface area contributed by atoms with E-state index in [1.54, 1.807) is 24.3 Å². The molecule has 12 heteroatoms. The first kappa shape index (κ1) is 31.3. The van der Waals surface area contributed by atoms with Crippen molar-refractivity contribution in [3.63, 3.8) is 0 Å². The highest BCUT2D eigenvalue weighted by Crippen LogP contribution is 2.53. The predicted octanol–water partition coefficient (Wildman–Crippen LogP) is 5.60. The molecule has 0 radical (unpaired) electrons. The normalized spacial score (nSPS) is 20.1. The van der Waals surface area contributed by atoms with Gasteiger partial charge in [-0.05, 0) is 53.9 Å². The van der Waals surface area contributed by atoms with Crippen molar-refractivity contribution in [1.82, 2.24) is 0 Å². The van der Waals surface area contributed by atoms with Gasteiger partial charge in [0.1, 0.15) is 23.3 Å². The molecule has 3 atom stereocenters. The average Bonchev–Trinajstić information content (AvgIpc) is 3.03. The molecule has 0 spiro atoms. The number of alkyl halides is 3. The maximum absolute atomic E-state index is 14.6. The summed E-state index contributed by atoms with van der Waals surface area (Å²) >= 11 is 0. The lowest BCUT2D eigenvalue weighted by Gasteiger charge is -2.44. The van der Waals surface area contributed by atoms with Crippen LogP contribution < -0.4 is 15.4 Å². The number of anilines is 1. The van der Waals surface area contributed by atoms with Crippen LogP contribution in [0.3, 0.4) is 0 Å². The fourth-order valence-electron chi connectivity index (χ4n) is 6.13. The third kappa shape index (κ3) is 5.52. The SMILES string of the molecule is COC(=O)C1=C(N)N(c2cccc(F)c2)C2=C(C(=O)[C@H](C(=O)OC)[C@@H](c3ccc(OC)cc3)C2)[C@H]1c1ccccc1C(F)(F)F. The van der Waals surface area contributed by atoms with Crippen LogP contribution in [0, 0.1) is 11.7 Å². The Bertz CT molecular complexity index is 1730. The van der Waals surface area contributed by atoms with Crippen molar-refractivity contribution in [2.75, 3.05) is 26.2 Å². The molecule has 0 saturated carbocycles. The Kier molecular flexibility index (Phi) is 8.42. The van der Waals surface area contributed by atoms with Crippen molar-refractivity contribution < 1.29 is 46.2 Å². The summed E-state index contributed by atoms with van der Waals surface area (Å²) in [5.74, 6) is -7.50. The lowest BCUT2D eigenvalue weighted by molar-refractivity contribution is -0.150. The van der Waals surface area contributed by atoms with Gasteiger partial charge < -0.3 is 19.9 Å². The Balaban J connectivity index is 1.87. The minimum atomic E-state index is -4.89. The van der Waals surface area contributed by atoms with Gasteiger partial charge in [0.15, 0.2) is 5.78 Å². The van der Waals surface area contributed by atoms with Gasteiger partial charge in [-0.1, -0.05) is 36.4 Å². The molecule has 1 heterocycles. The van der Waals surface area contributed by atoms with E-state index >= 15 is 0 Å². The lowest BCUT2D eigenvalue weighted by atomic mass is 9.66. The molecule has 1 aliphatic carbocycles. The molecule has 3 aromatic carbocycles. The number of nitrogens with two attached hydrogens (primary N) is 1. The molecule has 0 bridgehead atoms. The molecule has 5 rings (SSSR count). The first-order chi connectivity index (χ1) is 21.4. The van der Waals surface area contributed by atoms with E-state index in [9.17, 15) is 31.9 Å². The molecule has 1 aliphatic heterocycles. The third-order valence-corrected chi connectivity index (χ3v) is 8.09. The van der Waals surface area contributed by atoms with Gasteiger partial charge >= 0.3 is 18.1 Å². The topological polar surface area (TPSA) is 108 Å². The van der Waals surface area contributed by atoms with Crippen LogP contribution in [0.15, 0.2) is 95.5 Å². The molecular formula is C33H28F4N2O6. The van der Waals surface area contributed by atoms with Crippen LogP contribution >= 0.6 is 0 Å². The van der Waals surface area contributed by atoms with Crippen LogP contribution in [-0.4, -0.2) is 39.1 Å². The maximum atomic E-state index is 14.6. The number of ketones is 1. The Morgan fingerprint density at radius 1 is 0.933 bits per heavy atom. The van der Waals surface area contributed by atoms with Gasteiger partial charge in [0.05, 0.1) is 44.1 Å². The van der Waals surface area contributed by atoms with Crippen LogP contribution in [0.4, 0.5) is 23.2 Å².